The average Bonchev–Trinajstić information content (AvgIpc) is 1.64. The van der Waals surface area contributed by atoms with Gasteiger partial charge in [0.25, 0.3) is 0 Å². The van der Waals surface area contributed by atoms with Crippen LogP contribution in [0.5, 0.6) is 0 Å². The number of benzene rings is 3. The fourth-order valence-corrected chi connectivity index (χ4v) is 32.5. The van der Waals surface area contributed by atoms with E-state index in [-0.39, 0.29) is 173 Å². The molecule has 6 aliphatic heterocycles. The average molecular weight is 1360 g/mol. The molecule has 0 unspecified atom stereocenters. The van der Waals surface area contributed by atoms with E-state index in [1.54, 1.807) is 0 Å². The van der Waals surface area contributed by atoms with Crippen molar-refractivity contribution in [2.75, 3.05) is 79.3 Å². The van der Waals surface area contributed by atoms with Crippen molar-refractivity contribution in [1.29, 1.82) is 0 Å². The lowest BCUT2D eigenvalue weighted by atomic mass is 9.83. The molecule has 3 aromatic rings. The zero-order valence-corrected chi connectivity index (χ0v) is 53.7. The highest BCUT2D eigenvalue weighted by Gasteiger charge is 2.57. The van der Waals surface area contributed by atoms with Gasteiger partial charge in [0.15, 0.2) is 0 Å². The van der Waals surface area contributed by atoms with Crippen LogP contribution in [0.1, 0.15) is 131 Å². The highest BCUT2D eigenvalue weighted by atomic mass is 32.2. The van der Waals surface area contributed by atoms with Crippen molar-refractivity contribution in [3.63, 3.8) is 0 Å². The van der Waals surface area contributed by atoms with Crippen molar-refractivity contribution in [2.45, 2.75) is 166 Å². The van der Waals surface area contributed by atoms with Crippen LogP contribution in [0, 0.1) is 0 Å². The Labute approximate surface area is 524 Å². The first-order valence-corrected chi connectivity index (χ1v) is 36.1. The fourth-order valence-electron chi connectivity index (χ4n) is 11.4. The Bertz CT molecular complexity index is 2460. The molecule has 6 aliphatic rings. The minimum Gasteiger partial charge on any atom is -0.478 e. The zero-order valence-electron chi connectivity index (χ0n) is 43.9. The van der Waals surface area contributed by atoms with E-state index in [0.717, 1.165) is 0 Å². The van der Waals surface area contributed by atoms with Gasteiger partial charge in [-0.15, -0.1) is 141 Å². The molecule has 0 amide bonds. The molecule has 30 heteroatoms. The van der Waals surface area contributed by atoms with Crippen molar-refractivity contribution in [2.24, 2.45) is 0 Å². The number of fused-ring (bicyclic) bond motifs is 6. The molecule has 9 rings (SSSR count). The van der Waals surface area contributed by atoms with Gasteiger partial charge < -0.3 is 76.6 Å². The van der Waals surface area contributed by atoms with Gasteiger partial charge in [-0.3, -0.25) is 0 Å². The second-order valence-electron chi connectivity index (χ2n) is 20.0. The van der Waals surface area contributed by atoms with Gasteiger partial charge in [-0.2, -0.15) is 0 Å². The van der Waals surface area contributed by atoms with Crippen molar-refractivity contribution in [3.05, 3.63) is 33.4 Å². The Kier molecular flexibility index (Phi) is 21.9. The molecule has 82 heavy (non-hydrogen) atoms. The third kappa shape index (κ3) is 11.9. The SMILES string of the molecule is O=C(O)c1c2c(c(C(c3c4c(c(C(=O)O)c5c3SC(CCO)(CCO)S5)SC(CCO)(CCO)S4)c3c4c(c(C(=O)O)c5c3SC(CCO)(CCO)S5)SC(CCO)(CCO)S4)c3c1SC(CCO)(CCO)S3)SC(CCO)(CCO)S2. The van der Waals surface area contributed by atoms with Crippen LogP contribution in [0.15, 0.2) is 58.7 Å². The minimum atomic E-state index is -1.30. The molecular weight excluding hydrogens is 1300 g/mol. The molecule has 6 heterocycles. The molecule has 452 valence electrons. The summed E-state index contributed by atoms with van der Waals surface area (Å²) in [4.78, 5) is 47.1. The van der Waals surface area contributed by atoms with Gasteiger partial charge in [0.05, 0.1) is 41.2 Å². The molecule has 0 radical (unpaired) electrons. The maximum atomic E-state index is 14.2. The van der Waals surface area contributed by atoms with Crippen LogP contribution in [-0.2, 0) is 0 Å². The molecule has 0 atom stereocenters. The van der Waals surface area contributed by atoms with Crippen molar-refractivity contribution < 1.29 is 91.0 Å². The lowest BCUT2D eigenvalue weighted by Gasteiger charge is -2.33. The van der Waals surface area contributed by atoms with E-state index >= 15 is 0 Å². The number of aliphatic hydroxyl groups excluding tert-OH is 12. The van der Waals surface area contributed by atoms with Crippen molar-refractivity contribution in [1.82, 2.24) is 0 Å². The molecule has 0 bridgehead atoms. The first kappa shape index (κ1) is 66.2. The van der Waals surface area contributed by atoms with Crippen LogP contribution in [0.3, 0.4) is 0 Å². The minimum absolute atomic E-state index is 0.0736. The van der Waals surface area contributed by atoms with E-state index < -0.39 is 48.3 Å². The van der Waals surface area contributed by atoms with Gasteiger partial charge in [-0.05, 0) is 93.7 Å². The van der Waals surface area contributed by atoms with E-state index in [1.165, 1.54) is 141 Å². The topological polar surface area (TPSA) is 355 Å². The summed E-state index contributed by atoms with van der Waals surface area (Å²) in [6.45, 7) is -4.35. The fraction of sp³-hybridized carbons (Fsp3) is 0.596. The predicted molar refractivity (Wildman–Crippen MR) is 328 cm³/mol. The Balaban J connectivity index is 1.58. The zero-order chi connectivity index (χ0) is 59.2. The van der Waals surface area contributed by atoms with Crippen LogP contribution in [0.2, 0.25) is 0 Å². The van der Waals surface area contributed by atoms with E-state index in [4.69, 9.17) is 0 Å². The van der Waals surface area contributed by atoms with Crippen LogP contribution in [-0.4, -0.2) is 198 Å². The number of hydrogen-bond acceptors (Lipinski definition) is 27. The predicted octanol–water partition coefficient (Wildman–Crippen LogP) is 7.91. The first-order valence-electron chi connectivity index (χ1n) is 26.3. The van der Waals surface area contributed by atoms with E-state index in [9.17, 15) is 91.0 Å². The van der Waals surface area contributed by atoms with Crippen molar-refractivity contribution >= 4 is 159 Å². The Morgan fingerprint density at radius 2 is 0.366 bits per heavy atom. The second kappa shape index (κ2) is 27.1. The first-order chi connectivity index (χ1) is 39.3. The van der Waals surface area contributed by atoms with Gasteiger partial charge in [0.2, 0.25) is 0 Å². The number of aliphatic hydroxyl groups is 12. The Morgan fingerprint density at radius 1 is 0.244 bits per heavy atom. The molecule has 15 N–H and O–H groups in total. The second-order valence-corrected chi connectivity index (χ2v) is 38.3. The number of carbonyl (C=O) groups is 3. The molecule has 0 saturated carbocycles. The molecule has 3 aromatic carbocycles. The number of hydrogen-bond donors (Lipinski definition) is 15. The molecule has 0 fully saturated rings. The third-order valence-corrected chi connectivity index (χ3v) is 35.5. The normalized spacial score (nSPS) is 19.6. The maximum Gasteiger partial charge on any atom is 0.338 e. The van der Waals surface area contributed by atoms with Crippen LogP contribution < -0.4 is 0 Å². The molecule has 18 nitrogen and oxygen atoms in total. The highest BCUT2D eigenvalue weighted by Crippen LogP contribution is 2.77. The van der Waals surface area contributed by atoms with Crippen LogP contribution in [0.25, 0.3) is 0 Å². The summed E-state index contributed by atoms with van der Waals surface area (Å²) in [6, 6.07) is 0. The number of carboxylic acids is 3. The van der Waals surface area contributed by atoms with Gasteiger partial charge in [0, 0.05) is 144 Å². The summed E-state index contributed by atoms with van der Waals surface area (Å²) in [5.41, 5.74) is 1.21. The number of rotatable bonds is 30. The summed E-state index contributed by atoms with van der Waals surface area (Å²) < 4.78 is -6.53. The Morgan fingerprint density at radius 3 is 0.476 bits per heavy atom. The monoisotopic (exact) mass is 1360 g/mol. The number of aromatic carboxylic acids is 3. The van der Waals surface area contributed by atoms with Crippen LogP contribution >= 0.6 is 141 Å². The molecule has 0 aliphatic carbocycles. The van der Waals surface area contributed by atoms with Gasteiger partial charge in [-0.25, -0.2) is 14.4 Å². The van der Waals surface area contributed by atoms with E-state index in [2.05, 4.69) is 0 Å². The quantitative estimate of drug-likeness (QED) is 0.0282. The van der Waals surface area contributed by atoms with E-state index in [0.29, 0.717) is 75.4 Å². The summed E-state index contributed by atoms with van der Waals surface area (Å²) in [6.07, 6.45) is 0.883. The number of thioether (sulfide) groups is 12. The summed E-state index contributed by atoms with van der Waals surface area (Å²) in [7, 11) is 0. The lowest BCUT2D eigenvalue weighted by molar-refractivity contribution is 0.0677. The number of carboxylic acid groups (broad SMARTS) is 3. The van der Waals surface area contributed by atoms with Gasteiger partial charge >= 0.3 is 17.9 Å². The van der Waals surface area contributed by atoms with E-state index in [1.807, 2.05) is 0 Å². The molecule has 0 saturated heterocycles. The van der Waals surface area contributed by atoms with Crippen molar-refractivity contribution in [3.8, 4) is 0 Å². The largest absolute Gasteiger partial charge is 0.478 e. The van der Waals surface area contributed by atoms with Gasteiger partial charge in [0.1, 0.15) is 0 Å². The third-order valence-electron chi connectivity index (χ3n) is 14.9. The van der Waals surface area contributed by atoms with Crippen LogP contribution in [0.4, 0.5) is 0 Å². The summed E-state index contributed by atoms with van der Waals surface area (Å²) >= 11 is 14.8. The summed E-state index contributed by atoms with van der Waals surface area (Å²) in [5, 5.41) is 165. The highest BCUT2D eigenvalue weighted by molar-refractivity contribution is 8.23. The van der Waals surface area contributed by atoms with Gasteiger partial charge in [-0.1, -0.05) is 0 Å². The maximum absolute atomic E-state index is 14.2. The lowest BCUT2D eigenvalue weighted by Crippen LogP contribution is -2.22. The molecule has 0 aromatic heterocycles. The Hall–Kier alpha value is -0.210. The standard InChI is InChI=1S/C52H64O18S12/c53-13-1-47(2-14-54)71-32-26(33-39(29(44(65)66)38(32)77-47)78-48(72-33,3-15-55)4-16-56)25(27-34-40(79-49(73-34,5-17-57)6-18-58)30(45(67)68)41-35(27)74-50(80-41,7-19-59)8-20-60)28-36-42(81-51(75-36,9-21-61)10-22-62)31(46(69)70)43-37(28)76-52(82-43,11-23-63)12-24-64/h25,53-64H,1-24H2,(H,65,66)(H,67,68)(H,69,70). The molecule has 0 spiro atoms. The summed E-state index contributed by atoms with van der Waals surface area (Å²) in [5.74, 6) is -5.12. The smallest absolute Gasteiger partial charge is 0.338 e. The molecular formula is C52H64O18S12.